The van der Waals surface area contributed by atoms with Crippen LogP contribution in [0, 0.1) is 5.82 Å². The van der Waals surface area contributed by atoms with Crippen molar-refractivity contribution < 1.29 is 4.39 Å². The molecule has 2 N–H and O–H groups in total. The maximum Gasteiger partial charge on any atom is 0.123 e. The van der Waals surface area contributed by atoms with Crippen molar-refractivity contribution in [3.8, 4) is 0 Å². The van der Waals surface area contributed by atoms with Crippen LogP contribution in [-0.2, 0) is 0 Å². The first-order chi connectivity index (χ1) is 6.36. The minimum Gasteiger partial charge on any atom is -0.314 e. The van der Waals surface area contributed by atoms with E-state index in [9.17, 15) is 4.39 Å². The van der Waals surface area contributed by atoms with Gasteiger partial charge < -0.3 is 10.6 Å². The van der Waals surface area contributed by atoms with E-state index in [2.05, 4.69) is 10.6 Å². The molecule has 0 bridgehead atoms. The Morgan fingerprint density at radius 2 is 2.23 bits per heavy atom. The summed E-state index contributed by atoms with van der Waals surface area (Å²) in [7, 11) is 0. The Kier molecular flexibility index (Phi) is 2.57. The quantitative estimate of drug-likeness (QED) is 0.675. The molecule has 0 aliphatic carbocycles. The molecule has 1 aromatic carbocycles. The van der Waals surface area contributed by atoms with Crippen molar-refractivity contribution in [2.45, 2.75) is 6.04 Å². The molecule has 13 heavy (non-hydrogen) atoms. The van der Waals surface area contributed by atoms with Crippen molar-refractivity contribution in [3.63, 3.8) is 0 Å². The fourth-order valence-electron chi connectivity index (χ4n) is 1.61. The van der Waals surface area contributed by atoms with Gasteiger partial charge in [0.1, 0.15) is 5.82 Å². The number of hydrogen-bond acceptors (Lipinski definition) is 2. The first-order valence-electron chi connectivity index (χ1n) is 4.56. The van der Waals surface area contributed by atoms with Gasteiger partial charge in [-0.1, -0.05) is 12.1 Å². The number of rotatable bonds is 1. The molecule has 3 heteroatoms. The summed E-state index contributed by atoms with van der Waals surface area (Å²) in [6.45, 7) is 2.82. The van der Waals surface area contributed by atoms with E-state index in [0.717, 1.165) is 25.2 Å². The molecule has 1 atom stereocenters. The minimum atomic E-state index is -0.162. The van der Waals surface area contributed by atoms with Crippen molar-refractivity contribution in [2.75, 3.05) is 19.6 Å². The van der Waals surface area contributed by atoms with Gasteiger partial charge in [0.2, 0.25) is 0 Å². The van der Waals surface area contributed by atoms with Crippen molar-refractivity contribution >= 4 is 0 Å². The lowest BCUT2D eigenvalue weighted by atomic mass is 10.1. The van der Waals surface area contributed by atoms with E-state index < -0.39 is 0 Å². The molecule has 1 heterocycles. The van der Waals surface area contributed by atoms with E-state index in [0.29, 0.717) is 0 Å². The molecule has 1 aliphatic rings. The third-order valence-electron chi connectivity index (χ3n) is 2.29. The van der Waals surface area contributed by atoms with Gasteiger partial charge in [0.15, 0.2) is 0 Å². The molecule has 0 saturated carbocycles. The van der Waals surface area contributed by atoms with Crippen molar-refractivity contribution in [1.82, 2.24) is 10.6 Å². The number of hydrogen-bond donors (Lipinski definition) is 2. The Labute approximate surface area is 77.2 Å². The van der Waals surface area contributed by atoms with Crippen LogP contribution >= 0.6 is 0 Å². The molecule has 1 saturated heterocycles. The standard InChI is InChI=1S/C10H13FN2/c11-9-3-1-2-8(6-9)10-7-12-4-5-13-10/h1-3,6,10,12-13H,4-5,7H2/t10-/m0/s1. The van der Waals surface area contributed by atoms with Gasteiger partial charge in [-0.05, 0) is 17.7 Å². The normalized spacial score (nSPS) is 23.0. The van der Waals surface area contributed by atoms with Crippen LogP contribution in [0.4, 0.5) is 4.39 Å². The van der Waals surface area contributed by atoms with E-state index >= 15 is 0 Å². The summed E-state index contributed by atoms with van der Waals surface area (Å²) >= 11 is 0. The maximum absolute atomic E-state index is 12.9. The number of nitrogens with one attached hydrogen (secondary N) is 2. The lowest BCUT2D eigenvalue weighted by Gasteiger charge is -2.24. The molecule has 70 valence electrons. The van der Waals surface area contributed by atoms with Crippen LogP contribution in [0.1, 0.15) is 11.6 Å². The highest BCUT2D eigenvalue weighted by molar-refractivity contribution is 5.20. The molecule has 2 nitrogen and oxygen atoms in total. The smallest absolute Gasteiger partial charge is 0.123 e. The fourth-order valence-corrected chi connectivity index (χ4v) is 1.61. The molecule has 0 amide bonds. The molecular weight excluding hydrogens is 167 g/mol. The van der Waals surface area contributed by atoms with Gasteiger partial charge in [0.25, 0.3) is 0 Å². The summed E-state index contributed by atoms with van der Waals surface area (Å²) in [5, 5.41) is 6.60. The molecule has 0 spiro atoms. The van der Waals surface area contributed by atoms with Crippen molar-refractivity contribution in [2.24, 2.45) is 0 Å². The first-order valence-corrected chi connectivity index (χ1v) is 4.56. The summed E-state index contributed by atoms with van der Waals surface area (Å²) in [5.74, 6) is -0.162. The minimum absolute atomic E-state index is 0.162. The Bertz CT molecular complexity index is 282. The Morgan fingerprint density at radius 1 is 1.31 bits per heavy atom. The Morgan fingerprint density at radius 3 is 2.92 bits per heavy atom. The van der Waals surface area contributed by atoms with E-state index in [1.165, 1.54) is 6.07 Å². The van der Waals surface area contributed by atoms with Gasteiger partial charge in [-0.3, -0.25) is 0 Å². The molecule has 0 unspecified atom stereocenters. The lowest BCUT2D eigenvalue weighted by molar-refractivity contribution is 0.428. The van der Waals surface area contributed by atoms with Crippen LogP contribution in [0.3, 0.4) is 0 Å². The average molecular weight is 180 g/mol. The number of halogens is 1. The van der Waals surface area contributed by atoms with Gasteiger partial charge in [-0.25, -0.2) is 4.39 Å². The second-order valence-corrected chi connectivity index (χ2v) is 3.27. The van der Waals surface area contributed by atoms with Crippen LogP contribution in [0.5, 0.6) is 0 Å². The van der Waals surface area contributed by atoms with E-state index in [1.807, 2.05) is 6.07 Å². The third kappa shape index (κ3) is 2.05. The van der Waals surface area contributed by atoms with Gasteiger partial charge in [0, 0.05) is 25.7 Å². The molecule has 0 aromatic heterocycles. The second kappa shape index (κ2) is 3.85. The number of piperazine rings is 1. The second-order valence-electron chi connectivity index (χ2n) is 3.27. The SMILES string of the molecule is Fc1cccc([C@@H]2CNCCN2)c1. The van der Waals surface area contributed by atoms with Gasteiger partial charge in [-0.2, -0.15) is 0 Å². The van der Waals surface area contributed by atoms with E-state index in [4.69, 9.17) is 0 Å². The Hall–Kier alpha value is -0.930. The largest absolute Gasteiger partial charge is 0.314 e. The lowest BCUT2D eigenvalue weighted by Crippen LogP contribution is -2.42. The van der Waals surface area contributed by atoms with Crippen molar-refractivity contribution in [1.29, 1.82) is 0 Å². The van der Waals surface area contributed by atoms with Gasteiger partial charge in [-0.15, -0.1) is 0 Å². The van der Waals surface area contributed by atoms with Crippen LogP contribution in [0.2, 0.25) is 0 Å². The zero-order valence-corrected chi connectivity index (χ0v) is 7.39. The highest BCUT2D eigenvalue weighted by Crippen LogP contribution is 2.14. The molecule has 1 aliphatic heterocycles. The van der Waals surface area contributed by atoms with E-state index in [1.54, 1.807) is 12.1 Å². The van der Waals surface area contributed by atoms with Crippen LogP contribution < -0.4 is 10.6 Å². The van der Waals surface area contributed by atoms with Crippen LogP contribution in [0.15, 0.2) is 24.3 Å². The van der Waals surface area contributed by atoms with Crippen LogP contribution in [-0.4, -0.2) is 19.6 Å². The van der Waals surface area contributed by atoms with Gasteiger partial charge >= 0.3 is 0 Å². The zero-order valence-electron chi connectivity index (χ0n) is 7.39. The predicted molar refractivity (Wildman–Crippen MR) is 50.0 cm³/mol. The summed E-state index contributed by atoms with van der Waals surface area (Å²) < 4.78 is 12.9. The monoisotopic (exact) mass is 180 g/mol. The van der Waals surface area contributed by atoms with E-state index in [-0.39, 0.29) is 11.9 Å². The summed E-state index contributed by atoms with van der Waals surface area (Å²) in [4.78, 5) is 0. The topological polar surface area (TPSA) is 24.1 Å². The molecule has 1 fully saturated rings. The molecule has 0 radical (unpaired) electrons. The van der Waals surface area contributed by atoms with Crippen LogP contribution in [0.25, 0.3) is 0 Å². The van der Waals surface area contributed by atoms with Gasteiger partial charge in [0.05, 0.1) is 0 Å². The van der Waals surface area contributed by atoms with Crippen molar-refractivity contribution in [3.05, 3.63) is 35.6 Å². The highest BCUT2D eigenvalue weighted by Gasteiger charge is 2.13. The summed E-state index contributed by atoms with van der Waals surface area (Å²) in [5.41, 5.74) is 1.02. The molecular formula is C10H13FN2. The molecule has 1 aromatic rings. The average Bonchev–Trinajstić information content (AvgIpc) is 2.19. The molecule has 2 rings (SSSR count). The summed E-state index contributed by atoms with van der Waals surface area (Å²) in [6, 6.07) is 7.02. The number of benzene rings is 1. The first kappa shape index (κ1) is 8.66. The highest BCUT2D eigenvalue weighted by atomic mass is 19.1. The Balaban J connectivity index is 2.14. The zero-order chi connectivity index (χ0) is 9.10. The fraction of sp³-hybridized carbons (Fsp3) is 0.400. The maximum atomic E-state index is 12.9. The summed E-state index contributed by atoms with van der Waals surface area (Å²) in [6.07, 6.45) is 0. The predicted octanol–water partition coefficient (Wildman–Crippen LogP) is 1.06. The third-order valence-corrected chi connectivity index (χ3v) is 2.29.